The Kier molecular flexibility index (Phi) is 4.97. The molecular weight excluding hydrogens is 412 g/mol. The van der Waals surface area contributed by atoms with E-state index in [1.807, 2.05) is 29.8 Å². The van der Waals surface area contributed by atoms with Crippen LogP contribution in [0, 0.1) is 6.92 Å². The predicted molar refractivity (Wildman–Crippen MR) is 129 cm³/mol. The Bertz CT molecular complexity index is 1370. The third kappa shape index (κ3) is 3.43. The van der Waals surface area contributed by atoms with E-state index in [1.54, 1.807) is 0 Å². The van der Waals surface area contributed by atoms with Gasteiger partial charge in [0.15, 0.2) is 5.82 Å². The van der Waals surface area contributed by atoms with Crippen molar-refractivity contribution in [3.05, 3.63) is 81.4 Å². The van der Waals surface area contributed by atoms with Crippen LogP contribution in [0.25, 0.3) is 10.9 Å². The molecule has 0 unspecified atom stereocenters. The standard InChI is InChI=1S/C26H28N6O/c1-17-8-7-10-19-16-21(26(33)27-23(17)19)24(31-15-14-18-9-5-6-13-22(18)31)25-28-29-30-32(25)20-11-3-2-4-12-20/h5-10,13,16,20,24H,2-4,11-12,14-15H2,1H3,(H,27,33)/t24-/m1/s1. The molecule has 3 heterocycles. The first-order valence-electron chi connectivity index (χ1n) is 12.0. The lowest BCUT2D eigenvalue weighted by Crippen LogP contribution is -2.35. The Morgan fingerprint density at radius 1 is 1.06 bits per heavy atom. The van der Waals surface area contributed by atoms with Gasteiger partial charge in [-0.25, -0.2) is 4.68 Å². The average Bonchev–Trinajstić information content (AvgIpc) is 3.49. The SMILES string of the molecule is Cc1cccc2cc([C@H](c3nnnn3C3CCCCC3)N3CCc4ccccc43)c(=O)[nH]c12. The number of aryl methyl sites for hydroxylation is 1. The van der Waals surface area contributed by atoms with Crippen molar-refractivity contribution in [3.8, 4) is 0 Å². The molecule has 1 aliphatic carbocycles. The summed E-state index contributed by atoms with van der Waals surface area (Å²) in [4.78, 5) is 19.0. The fourth-order valence-corrected chi connectivity index (χ4v) is 5.65. The van der Waals surface area contributed by atoms with Gasteiger partial charge in [-0.15, -0.1) is 5.10 Å². The van der Waals surface area contributed by atoms with E-state index in [2.05, 4.69) is 55.7 Å². The van der Waals surface area contributed by atoms with E-state index in [0.717, 1.165) is 53.8 Å². The number of tetrazole rings is 1. The monoisotopic (exact) mass is 440 g/mol. The zero-order valence-corrected chi connectivity index (χ0v) is 18.9. The van der Waals surface area contributed by atoms with Crippen LogP contribution in [0.1, 0.15) is 66.7 Å². The second-order valence-electron chi connectivity index (χ2n) is 9.34. The minimum absolute atomic E-state index is 0.0793. The number of nitrogens with one attached hydrogen (secondary N) is 1. The summed E-state index contributed by atoms with van der Waals surface area (Å²) in [5.41, 5.74) is 5.02. The van der Waals surface area contributed by atoms with Crippen LogP contribution in [0.3, 0.4) is 0 Å². The summed E-state index contributed by atoms with van der Waals surface area (Å²) in [6, 6.07) is 16.5. The van der Waals surface area contributed by atoms with Crippen molar-refractivity contribution in [1.29, 1.82) is 0 Å². The van der Waals surface area contributed by atoms with Gasteiger partial charge in [0.05, 0.1) is 11.6 Å². The third-order valence-electron chi connectivity index (χ3n) is 7.33. The highest BCUT2D eigenvalue weighted by Crippen LogP contribution is 2.39. The first kappa shape index (κ1) is 20.1. The van der Waals surface area contributed by atoms with Crippen molar-refractivity contribution in [3.63, 3.8) is 0 Å². The third-order valence-corrected chi connectivity index (χ3v) is 7.33. The number of pyridine rings is 1. The molecule has 1 atom stereocenters. The Hall–Kier alpha value is -3.48. The van der Waals surface area contributed by atoms with E-state index in [9.17, 15) is 4.79 Å². The number of aromatic nitrogens is 5. The van der Waals surface area contributed by atoms with Gasteiger partial charge in [0.2, 0.25) is 0 Å². The molecule has 1 aliphatic heterocycles. The molecule has 7 heteroatoms. The Morgan fingerprint density at radius 3 is 2.79 bits per heavy atom. The lowest BCUT2D eigenvalue weighted by molar-refractivity contribution is 0.313. The van der Waals surface area contributed by atoms with E-state index >= 15 is 0 Å². The average molecular weight is 441 g/mol. The van der Waals surface area contributed by atoms with Crippen LogP contribution in [0.2, 0.25) is 0 Å². The molecule has 2 aromatic heterocycles. The van der Waals surface area contributed by atoms with Crippen LogP contribution in [-0.2, 0) is 6.42 Å². The van der Waals surface area contributed by atoms with Crippen LogP contribution in [0.5, 0.6) is 0 Å². The first-order valence-corrected chi connectivity index (χ1v) is 12.0. The molecule has 4 aromatic rings. The molecule has 33 heavy (non-hydrogen) atoms. The van der Waals surface area contributed by atoms with Gasteiger partial charge in [0.25, 0.3) is 5.56 Å². The smallest absolute Gasteiger partial charge is 0.254 e. The van der Waals surface area contributed by atoms with Crippen LogP contribution >= 0.6 is 0 Å². The Labute approximate surface area is 192 Å². The number of rotatable bonds is 4. The van der Waals surface area contributed by atoms with Gasteiger partial charge < -0.3 is 9.88 Å². The molecule has 1 saturated carbocycles. The Morgan fingerprint density at radius 2 is 1.91 bits per heavy atom. The maximum Gasteiger partial charge on any atom is 0.254 e. The maximum atomic E-state index is 13.5. The normalized spacial score (nSPS) is 17.4. The summed E-state index contributed by atoms with van der Waals surface area (Å²) < 4.78 is 2.00. The molecule has 1 N–H and O–H groups in total. The van der Waals surface area contributed by atoms with Gasteiger partial charge in [-0.05, 0) is 65.3 Å². The number of hydrogen-bond acceptors (Lipinski definition) is 5. The number of nitrogens with zero attached hydrogens (tertiary/aromatic N) is 5. The summed E-state index contributed by atoms with van der Waals surface area (Å²) in [6.07, 6.45) is 6.75. The number of benzene rings is 2. The van der Waals surface area contributed by atoms with Crippen LogP contribution < -0.4 is 10.5 Å². The van der Waals surface area contributed by atoms with Gasteiger partial charge in [-0.3, -0.25) is 4.79 Å². The van der Waals surface area contributed by atoms with Gasteiger partial charge in [0, 0.05) is 17.8 Å². The quantitative estimate of drug-likeness (QED) is 0.506. The fraction of sp³-hybridized carbons (Fsp3) is 0.385. The van der Waals surface area contributed by atoms with E-state index < -0.39 is 0 Å². The summed E-state index contributed by atoms with van der Waals surface area (Å²) in [5.74, 6) is 0.760. The van der Waals surface area contributed by atoms with E-state index in [0.29, 0.717) is 5.56 Å². The van der Waals surface area contributed by atoms with Crippen molar-refractivity contribution >= 4 is 16.6 Å². The number of aromatic amines is 1. The van der Waals surface area contributed by atoms with Gasteiger partial charge in [-0.2, -0.15) is 0 Å². The van der Waals surface area contributed by atoms with E-state index in [-0.39, 0.29) is 17.6 Å². The lowest BCUT2D eigenvalue weighted by Gasteiger charge is -2.31. The zero-order chi connectivity index (χ0) is 22.4. The predicted octanol–water partition coefficient (Wildman–Crippen LogP) is 4.48. The molecule has 0 saturated heterocycles. The van der Waals surface area contributed by atoms with E-state index in [1.165, 1.54) is 24.8 Å². The highest BCUT2D eigenvalue weighted by atomic mass is 16.1. The molecule has 0 bridgehead atoms. The van der Waals surface area contributed by atoms with Crippen LogP contribution in [0.4, 0.5) is 5.69 Å². The highest BCUT2D eigenvalue weighted by Gasteiger charge is 2.35. The molecule has 0 spiro atoms. The molecule has 2 aromatic carbocycles. The van der Waals surface area contributed by atoms with E-state index in [4.69, 9.17) is 0 Å². The largest absolute Gasteiger partial charge is 0.357 e. The number of hydrogen-bond donors (Lipinski definition) is 1. The van der Waals surface area contributed by atoms with Crippen molar-refractivity contribution in [2.45, 2.75) is 57.5 Å². The lowest BCUT2D eigenvalue weighted by atomic mass is 9.95. The molecule has 0 radical (unpaired) electrons. The summed E-state index contributed by atoms with van der Waals surface area (Å²) in [6.45, 7) is 2.85. The second-order valence-corrected chi connectivity index (χ2v) is 9.34. The summed E-state index contributed by atoms with van der Waals surface area (Å²) in [5, 5.41) is 14.1. The van der Waals surface area contributed by atoms with Gasteiger partial charge >= 0.3 is 0 Å². The van der Waals surface area contributed by atoms with Crippen molar-refractivity contribution in [2.75, 3.05) is 11.4 Å². The molecule has 6 rings (SSSR count). The molecule has 2 aliphatic rings. The van der Waals surface area contributed by atoms with Gasteiger partial charge in [-0.1, -0.05) is 55.7 Å². The summed E-state index contributed by atoms with van der Waals surface area (Å²) in [7, 11) is 0. The topological polar surface area (TPSA) is 79.7 Å². The maximum absolute atomic E-state index is 13.5. The zero-order valence-electron chi connectivity index (χ0n) is 18.9. The summed E-state index contributed by atoms with van der Waals surface area (Å²) >= 11 is 0. The minimum Gasteiger partial charge on any atom is -0.357 e. The minimum atomic E-state index is -0.348. The molecule has 168 valence electrons. The van der Waals surface area contributed by atoms with Crippen LogP contribution in [-0.4, -0.2) is 31.7 Å². The molecule has 1 fully saturated rings. The highest BCUT2D eigenvalue weighted by molar-refractivity contribution is 5.82. The number of fused-ring (bicyclic) bond motifs is 2. The van der Waals surface area contributed by atoms with Crippen molar-refractivity contribution in [1.82, 2.24) is 25.2 Å². The Balaban J connectivity index is 1.55. The number of anilines is 1. The van der Waals surface area contributed by atoms with Gasteiger partial charge in [0.1, 0.15) is 6.04 Å². The molecule has 7 nitrogen and oxygen atoms in total. The first-order chi connectivity index (χ1) is 16.2. The van der Waals surface area contributed by atoms with Crippen molar-refractivity contribution in [2.24, 2.45) is 0 Å². The number of H-pyrrole nitrogens is 1. The van der Waals surface area contributed by atoms with Crippen molar-refractivity contribution < 1.29 is 0 Å². The number of para-hydroxylation sites is 2. The second kappa shape index (κ2) is 8.14. The molecular formula is C26H28N6O. The fourth-order valence-electron chi connectivity index (χ4n) is 5.65. The van der Waals surface area contributed by atoms with Crippen LogP contribution in [0.15, 0.2) is 53.3 Å². The molecule has 0 amide bonds.